The van der Waals surface area contributed by atoms with Crippen LogP contribution in [0.3, 0.4) is 0 Å². The highest BCUT2D eigenvalue weighted by Gasteiger charge is 2.27. The van der Waals surface area contributed by atoms with E-state index in [1.807, 2.05) is 48.2 Å². The molecule has 0 saturated carbocycles. The summed E-state index contributed by atoms with van der Waals surface area (Å²) in [5.74, 6) is 2.47. The van der Waals surface area contributed by atoms with E-state index in [0.29, 0.717) is 19.7 Å². The Labute approximate surface area is 178 Å². The molecule has 0 spiro atoms. The molecule has 2 fully saturated rings. The lowest BCUT2D eigenvalue weighted by Crippen LogP contribution is -2.47. The SMILES string of the molecule is Cc1cccc(Nc2cccc(C3CN(CC(=O)N4CCC(C)CC4)CCO3)n2)n1. The summed E-state index contributed by atoms with van der Waals surface area (Å²) in [6.07, 6.45) is 2.08. The summed E-state index contributed by atoms with van der Waals surface area (Å²) >= 11 is 0. The number of nitrogens with zero attached hydrogens (tertiary/aromatic N) is 4. The zero-order chi connectivity index (χ0) is 20.9. The normalized spacial score (nSPS) is 20.9. The number of carbonyl (C=O) groups excluding carboxylic acids is 1. The predicted octanol–water partition coefficient (Wildman–Crippen LogP) is 3.16. The van der Waals surface area contributed by atoms with Crippen LogP contribution >= 0.6 is 0 Å². The van der Waals surface area contributed by atoms with E-state index >= 15 is 0 Å². The Bertz CT molecular complexity index is 866. The van der Waals surface area contributed by atoms with Crippen LogP contribution in [0.4, 0.5) is 11.6 Å². The second kappa shape index (κ2) is 9.53. The van der Waals surface area contributed by atoms with Gasteiger partial charge in [0.15, 0.2) is 0 Å². The molecule has 7 heteroatoms. The molecule has 4 rings (SSSR count). The molecule has 0 bridgehead atoms. The molecule has 160 valence electrons. The molecule has 30 heavy (non-hydrogen) atoms. The fourth-order valence-electron chi connectivity index (χ4n) is 4.02. The second-order valence-corrected chi connectivity index (χ2v) is 8.39. The largest absolute Gasteiger partial charge is 0.369 e. The van der Waals surface area contributed by atoms with Gasteiger partial charge < -0.3 is 15.0 Å². The summed E-state index contributed by atoms with van der Waals surface area (Å²) in [6.45, 7) is 8.51. The topological polar surface area (TPSA) is 70.6 Å². The molecule has 1 N–H and O–H groups in total. The zero-order valence-corrected chi connectivity index (χ0v) is 17.9. The number of hydrogen-bond acceptors (Lipinski definition) is 6. The lowest BCUT2D eigenvalue weighted by molar-refractivity contribution is -0.135. The molecule has 1 atom stereocenters. The molecule has 1 amide bonds. The Morgan fingerprint density at radius 2 is 1.83 bits per heavy atom. The van der Waals surface area contributed by atoms with Gasteiger partial charge in [0.2, 0.25) is 5.91 Å². The van der Waals surface area contributed by atoms with Gasteiger partial charge in [0.1, 0.15) is 17.7 Å². The van der Waals surface area contributed by atoms with Gasteiger partial charge in [-0.3, -0.25) is 9.69 Å². The molecule has 2 saturated heterocycles. The summed E-state index contributed by atoms with van der Waals surface area (Å²) in [6, 6.07) is 11.7. The summed E-state index contributed by atoms with van der Waals surface area (Å²) in [7, 11) is 0. The summed E-state index contributed by atoms with van der Waals surface area (Å²) in [4.78, 5) is 26.1. The van der Waals surface area contributed by atoms with Gasteiger partial charge in [0.25, 0.3) is 0 Å². The van der Waals surface area contributed by atoms with E-state index in [1.54, 1.807) is 0 Å². The van der Waals surface area contributed by atoms with E-state index in [1.165, 1.54) is 0 Å². The van der Waals surface area contributed by atoms with Crippen molar-refractivity contribution in [1.82, 2.24) is 19.8 Å². The number of morpholine rings is 1. The zero-order valence-electron chi connectivity index (χ0n) is 17.9. The van der Waals surface area contributed by atoms with Crippen LogP contribution in [0.2, 0.25) is 0 Å². The Kier molecular flexibility index (Phi) is 6.59. The Hall–Kier alpha value is -2.51. The number of hydrogen-bond donors (Lipinski definition) is 1. The van der Waals surface area contributed by atoms with Crippen LogP contribution < -0.4 is 5.32 Å². The van der Waals surface area contributed by atoms with Crippen LogP contribution in [0.5, 0.6) is 0 Å². The summed E-state index contributed by atoms with van der Waals surface area (Å²) in [5, 5.41) is 3.26. The molecule has 2 aliphatic heterocycles. The first-order chi connectivity index (χ1) is 14.6. The van der Waals surface area contributed by atoms with Gasteiger partial charge in [-0.25, -0.2) is 9.97 Å². The van der Waals surface area contributed by atoms with Crippen molar-refractivity contribution in [3.63, 3.8) is 0 Å². The standard InChI is InChI=1S/C23H31N5O2/c1-17-9-11-28(12-10-17)23(29)16-27-13-14-30-20(15-27)19-6-4-8-22(25-19)26-21-7-3-5-18(2)24-21/h3-8,17,20H,9-16H2,1-2H3,(H,24,25,26). The number of nitrogens with one attached hydrogen (secondary N) is 1. The highest BCUT2D eigenvalue weighted by Crippen LogP contribution is 2.23. The van der Waals surface area contributed by atoms with Crippen molar-refractivity contribution in [3.8, 4) is 0 Å². The number of aromatic nitrogens is 2. The number of pyridine rings is 2. The van der Waals surface area contributed by atoms with Gasteiger partial charge in [-0.05, 0) is 49.9 Å². The quantitative estimate of drug-likeness (QED) is 0.818. The monoisotopic (exact) mass is 409 g/mol. The van der Waals surface area contributed by atoms with E-state index in [9.17, 15) is 4.79 Å². The van der Waals surface area contributed by atoms with Crippen LogP contribution in [-0.2, 0) is 9.53 Å². The van der Waals surface area contributed by atoms with Crippen molar-refractivity contribution >= 4 is 17.5 Å². The predicted molar refractivity (Wildman–Crippen MR) is 117 cm³/mol. The molecule has 7 nitrogen and oxygen atoms in total. The van der Waals surface area contributed by atoms with E-state index in [-0.39, 0.29) is 12.0 Å². The molecule has 2 aliphatic rings. The minimum absolute atomic E-state index is 0.139. The molecule has 0 aromatic carbocycles. The lowest BCUT2D eigenvalue weighted by Gasteiger charge is -2.35. The highest BCUT2D eigenvalue weighted by atomic mass is 16.5. The van der Waals surface area contributed by atoms with E-state index < -0.39 is 0 Å². The third kappa shape index (κ3) is 5.34. The lowest BCUT2D eigenvalue weighted by atomic mass is 9.99. The van der Waals surface area contributed by atoms with Gasteiger partial charge in [-0.1, -0.05) is 19.1 Å². The minimum atomic E-state index is -0.139. The van der Waals surface area contributed by atoms with Crippen LogP contribution in [0.1, 0.15) is 37.3 Å². The maximum Gasteiger partial charge on any atom is 0.236 e. The average molecular weight is 410 g/mol. The molecular formula is C23H31N5O2. The van der Waals surface area contributed by atoms with Crippen molar-refractivity contribution < 1.29 is 9.53 Å². The van der Waals surface area contributed by atoms with Crippen LogP contribution in [0.25, 0.3) is 0 Å². The van der Waals surface area contributed by atoms with Crippen molar-refractivity contribution in [2.45, 2.75) is 32.8 Å². The van der Waals surface area contributed by atoms with Crippen molar-refractivity contribution in [2.24, 2.45) is 5.92 Å². The van der Waals surface area contributed by atoms with Crippen molar-refractivity contribution in [2.75, 3.05) is 44.6 Å². The van der Waals surface area contributed by atoms with Gasteiger partial charge in [-0.15, -0.1) is 0 Å². The van der Waals surface area contributed by atoms with Crippen LogP contribution in [0, 0.1) is 12.8 Å². The Morgan fingerprint density at radius 1 is 1.10 bits per heavy atom. The fraction of sp³-hybridized carbons (Fsp3) is 0.522. The van der Waals surface area contributed by atoms with Crippen molar-refractivity contribution in [3.05, 3.63) is 47.8 Å². The van der Waals surface area contributed by atoms with Gasteiger partial charge in [0, 0.05) is 31.9 Å². The van der Waals surface area contributed by atoms with E-state index in [4.69, 9.17) is 9.72 Å². The minimum Gasteiger partial charge on any atom is -0.369 e. The maximum atomic E-state index is 12.7. The Balaban J connectivity index is 1.36. The molecular weight excluding hydrogens is 378 g/mol. The molecule has 0 aliphatic carbocycles. The summed E-state index contributed by atoms with van der Waals surface area (Å²) < 4.78 is 5.99. The van der Waals surface area contributed by atoms with Gasteiger partial charge in [0.05, 0.1) is 18.8 Å². The van der Waals surface area contributed by atoms with E-state index in [2.05, 4.69) is 22.1 Å². The molecule has 0 radical (unpaired) electrons. The summed E-state index contributed by atoms with van der Waals surface area (Å²) in [5.41, 5.74) is 1.83. The second-order valence-electron chi connectivity index (χ2n) is 8.39. The molecule has 1 unspecified atom stereocenters. The third-order valence-electron chi connectivity index (χ3n) is 5.89. The van der Waals surface area contributed by atoms with Crippen molar-refractivity contribution in [1.29, 1.82) is 0 Å². The fourth-order valence-corrected chi connectivity index (χ4v) is 4.02. The smallest absolute Gasteiger partial charge is 0.236 e. The number of aryl methyl sites for hydroxylation is 1. The van der Waals surface area contributed by atoms with Gasteiger partial charge >= 0.3 is 0 Å². The van der Waals surface area contributed by atoms with Crippen LogP contribution in [-0.4, -0.2) is 65.0 Å². The molecule has 4 heterocycles. The first kappa shape index (κ1) is 20.8. The number of ether oxygens (including phenoxy) is 1. The number of amides is 1. The average Bonchev–Trinajstić information content (AvgIpc) is 2.75. The van der Waals surface area contributed by atoms with Crippen LogP contribution in [0.15, 0.2) is 36.4 Å². The van der Waals surface area contributed by atoms with E-state index in [0.717, 1.165) is 61.4 Å². The number of anilines is 2. The molecule has 2 aromatic rings. The Morgan fingerprint density at radius 3 is 2.60 bits per heavy atom. The first-order valence-corrected chi connectivity index (χ1v) is 10.9. The van der Waals surface area contributed by atoms with Gasteiger partial charge in [-0.2, -0.15) is 0 Å². The third-order valence-corrected chi connectivity index (χ3v) is 5.89. The first-order valence-electron chi connectivity index (χ1n) is 10.9. The maximum absolute atomic E-state index is 12.7. The number of piperidine rings is 1. The number of likely N-dealkylation sites (tertiary alicyclic amines) is 1. The highest BCUT2D eigenvalue weighted by molar-refractivity contribution is 5.78. The molecule has 2 aromatic heterocycles. The number of carbonyl (C=O) groups is 1. The number of rotatable bonds is 5.